The number of fused-ring (bicyclic) bond motifs is 1. The van der Waals surface area contributed by atoms with Crippen molar-refractivity contribution < 1.29 is 17.6 Å². The topological polar surface area (TPSA) is 100 Å². The van der Waals surface area contributed by atoms with Crippen LogP contribution in [0.3, 0.4) is 0 Å². The number of anilines is 2. The van der Waals surface area contributed by atoms with Gasteiger partial charge in [0, 0.05) is 24.5 Å². The fourth-order valence-electron chi connectivity index (χ4n) is 4.56. The molecule has 3 N–H and O–H groups in total. The summed E-state index contributed by atoms with van der Waals surface area (Å²) in [6.45, 7) is 0.492. The second-order valence-electron chi connectivity index (χ2n) is 9.10. The molecule has 1 atom stereocenters. The molecule has 0 radical (unpaired) electrons. The fraction of sp³-hybridized carbons (Fsp3) is 0.172. The SMILES string of the molecule is O=C(NCCc1ccccc1)c1cccnc1Nc1ccc2c(c1)C(NS(=O)(=O)c1ccc(F)cc1)CC2. The molecule has 1 amide bonds. The highest BCUT2D eigenvalue weighted by Gasteiger charge is 2.28. The molecule has 0 saturated heterocycles. The number of benzene rings is 3. The largest absolute Gasteiger partial charge is 0.352 e. The van der Waals surface area contributed by atoms with Crippen LogP contribution >= 0.6 is 0 Å². The summed E-state index contributed by atoms with van der Waals surface area (Å²) in [6.07, 6.45) is 3.66. The van der Waals surface area contributed by atoms with Crippen molar-refractivity contribution in [3.8, 4) is 0 Å². The Hall–Kier alpha value is -4.08. The molecule has 3 aromatic carbocycles. The van der Waals surface area contributed by atoms with Gasteiger partial charge in [0.05, 0.1) is 10.5 Å². The maximum Gasteiger partial charge on any atom is 0.255 e. The van der Waals surface area contributed by atoms with Crippen molar-refractivity contribution in [1.29, 1.82) is 0 Å². The van der Waals surface area contributed by atoms with E-state index in [-0.39, 0.29) is 10.8 Å². The number of hydrogen-bond donors (Lipinski definition) is 3. The molecule has 194 valence electrons. The highest BCUT2D eigenvalue weighted by molar-refractivity contribution is 7.89. The Balaban J connectivity index is 1.29. The molecular weight excluding hydrogens is 503 g/mol. The van der Waals surface area contributed by atoms with Crippen LogP contribution in [0.4, 0.5) is 15.9 Å². The number of sulfonamides is 1. The molecule has 0 bridgehead atoms. The highest BCUT2D eigenvalue weighted by Crippen LogP contribution is 2.35. The summed E-state index contributed by atoms with van der Waals surface area (Å²) in [6, 6.07) is 23.4. The minimum Gasteiger partial charge on any atom is -0.352 e. The van der Waals surface area contributed by atoms with E-state index in [1.807, 2.05) is 48.5 Å². The highest BCUT2D eigenvalue weighted by atomic mass is 32.2. The fourth-order valence-corrected chi connectivity index (χ4v) is 5.81. The number of hydrogen-bond acceptors (Lipinski definition) is 5. The number of rotatable bonds is 9. The van der Waals surface area contributed by atoms with E-state index in [0.717, 1.165) is 41.7 Å². The molecule has 1 aliphatic rings. The Morgan fingerprint density at radius 2 is 1.76 bits per heavy atom. The maximum absolute atomic E-state index is 13.3. The summed E-state index contributed by atoms with van der Waals surface area (Å²) < 4.78 is 41.8. The van der Waals surface area contributed by atoms with Crippen molar-refractivity contribution in [2.24, 2.45) is 0 Å². The minimum absolute atomic E-state index is 0.0121. The van der Waals surface area contributed by atoms with Crippen LogP contribution in [0, 0.1) is 5.82 Å². The quantitative estimate of drug-likeness (QED) is 0.286. The normalized spacial score (nSPS) is 14.6. The van der Waals surface area contributed by atoms with Gasteiger partial charge < -0.3 is 10.6 Å². The van der Waals surface area contributed by atoms with Crippen molar-refractivity contribution >= 4 is 27.4 Å². The van der Waals surface area contributed by atoms with Crippen LogP contribution in [0.5, 0.6) is 0 Å². The van der Waals surface area contributed by atoms with Crippen molar-refractivity contribution in [1.82, 2.24) is 15.0 Å². The molecule has 1 aromatic heterocycles. The van der Waals surface area contributed by atoms with E-state index in [0.29, 0.717) is 30.0 Å². The lowest BCUT2D eigenvalue weighted by Crippen LogP contribution is -2.27. The second-order valence-corrected chi connectivity index (χ2v) is 10.8. The van der Waals surface area contributed by atoms with Crippen molar-refractivity contribution in [2.45, 2.75) is 30.2 Å². The van der Waals surface area contributed by atoms with E-state index in [1.54, 1.807) is 18.3 Å². The Bertz CT molecular complexity index is 1540. The summed E-state index contributed by atoms with van der Waals surface area (Å²) in [5.74, 6) is -0.321. The van der Waals surface area contributed by atoms with Crippen LogP contribution in [0.2, 0.25) is 0 Å². The number of carbonyl (C=O) groups excluding carboxylic acids is 1. The molecule has 1 aliphatic carbocycles. The molecule has 9 heteroatoms. The Morgan fingerprint density at radius 1 is 0.974 bits per heavy atom. The number of pyridine rings is 1. The molecule has 0 fully saturated rings. The zero-order valence-corrected chi connectivity index (χ0v) is 21.3. The average molecular weight is 531 g/mol. The lowest BCUT2D eigenvalue weighted by molar-refractivity contribution is 0.0954. The van der Waals surface area contributed by atoms with Gasteiger partial charge in [0.1, 0.15) is 11.6 Å². The van der Waals surface area contributed by atoms with Crippen LogP contribution in [0.15, 0.2) is 96.0 Å². The van der Waals surface area contributed by atoms with E-state index >= 15 is 0 Å². The third-order valence-electron chi connectivity index (χ3n) is 6.50. The van der Waals surface area contributed by atoms with Crippen molar-refractivity contribution in [2.75, 3.05) is 11.9 Å². The molecule has 38 heavy (non-hydrogen) atoms. The van der Waals surface area contributed by atoms with Gasteiger partial charge in [0.15, 0.2) is 0 Å². The third-order valence-corrected chi connectivity index (χ3v) is 7.99. The van der Waals surface area contributed by atoms with Gasteiger partial charge in [-0.3, -0.25) is 4.79 Å². The monoisotopic (exact) mass is 530 g/mol. The molecule has 0 saturated carbocycles. The summed E-state index contributed by atoms with van der Waals surface area (Å²) in [4.78, 5) is 17.3. The van der Waals surface area contributed by atoms with E-state index in [4.69, 9.17) is 0 Å². The van der Waals surface area contributed by atoms with E-state index in [2.05, 4.69) is 20.3 Å². The van der Waals surface area contributed by atoms with Crippen LogP contribution in [0.25, 0.3) is 0 Å². The predicted molar refractivity (Wildman–Crippen MR) is 144 cm³/mol. The Morgan fingerprint density at radius 3 is 2.55 bits per heavy atom. The Labute approximate surface area is 221 Å². The van der Waals surface area contributed by atoms with Gasteiger partial charge in [0.25, 0.3) is 5.91 Å². The molecule has 1 unspecified atom stereocenters. The second kappa shape index (κ2) is 11.1. The maximum atomic E-state index is 13.3. The van der Waals surface area contributed by atoms with Gasteiger partial charge in [-0.1, -0.05) is 36.4 Å². The summed E-state index contributed by atoms with van der Waals surface area (Å²) >= 11 is 0. The number of aryl methyl sites for hydroxylation is 1. The number of carbonyl (C=O) groups is 1. The number of nitrogens with one attached hydrogen (secondary N) is 3. The van der Waals surface area contributed by atoms with Gasteiger partial charge in [-0.05, 0) is 84.5 Å². The lowest BCUT2D eigenvalue weighted by atomic mass is 10.1. The molecule has 0 aliphatic heterocycles. The molecule has 0 spiro atoms. The molecular formula is C29H27FN4O3S. The zero-order valence-electron chi connectivity index (χ0n) is 20.5. The smallest absolute Gasteiger partial charge is 0.255 e. The summed E-state index contributed by atoms with van der Waals surface area (Å²) in [5.41, 5.74) is 4.14. The zero-order chi connectivity index (χ0) is 26.5. The van der Waals surface area contributed by atoms with Gasteiger partial charge >= 0.3 is 0 Å². The van der Waals surface area contributed by atoms with Crippen LogP contribution in [0.1, 0.15) is 39.5 Å². The van der Waals surface area contributed by atoms with Gasteiger partial charge in [-0.25, -0.2) is 22.5 Å². The van der Waals surface area contributed by atoms with Gasteiger partial charge in [-0.15, -0.1) is 0 Å². The lowest BCUT2D eigenvalue weighted by Gasteiger charge is -2.16. The Kier molecular flexibility index (Phi) is 7.48. The first-order valence-electron chi connectivity index (χ1n) is 12.3. The predicted octanol–water partition coefficient (Wildman–Crippen LogP) is 4.90. The van der Waals surface area contributed by atoms with E-state index in [1.165, 1.54) is 12.1 Å². The molecule has 7 nitrogen and oxygen atoms in total. The minimum atomic E-state index is -3.82. The average Bonchev–Trinajstić information content (AvgIpc) is 3.31. The van der Waals surface area contributed by atoms with Crippen LogP contribution < -0.4 is 15.4 Å². The number of amides is 1. The summed E-state index contributed by atoms with van der Waals surface area (Å²) in [7, 11) is -3.82. The molecule has 1 heterocycles. The van der Waals surface area contributed by atoms with Crippen LogP contribution in [-0.2, 0) is 22.9 Å². The first-order valence-corrected chi connectivity index (χ1v) is 13.8. The van der Waals surface area contributed by atoms with Gasteiger partial charge in [0.2, 0.25) is 10.0 Å². The van der Waals surface area contributed by atoms with Crippen molar-refractivity contribution in [3.05, 3.63) is 119 Å². The molecule has 5 rings (SSSR count). The first-order chi connectivity index (χ1) is 18.4. The summed E-state index contributed by atoms with van der Waals surface area (Å²) in [5, 5.41) is 6.17. The third kappa shape index (κ3) is 5.90. The van der Waals surface area contributed by atoms with E-state index < -0.39 is 21.9 Å². The number of halogens is 1. The molecule has 4 aromatic rings. The standard InChI is InChI=1S/C29H27FN4O3S/c30-22-10-13-24(14-11-22)38(36,37)34-27-15-9-21-8-12-23(19-26(21)27)33-28-25(7-4-17-31-28)29(35)32-18-16-20-5-2-1-3-6-20/h1-8,10-14,17,19,27,34H,9,15-16,18H2,(H,31,33)(H,32,35). The van der Waals surface area contributed by atoms with E-state index in [9.17, 15) is 17.6 Å². The number of nitrogens with zero attached hydrogens (tertiary/aromatic N) is 1. The van der Waals surface area contributed by atoms with Crippen LogP contribution in [-0.4, -0.2) is 25.9 Å². The van der Waals surface area contributed by atoms with Crippen molar-refractivity contribution in [3.63, 3.8) is 0 Å². The van der Waals surface area contributed by atoms with Gasteiger partial charge in [-0.2, -0.15) is 0 Å². The number of aromatic nitrogens is 1. The first kappa shape index (κ1) is 25.6.